The van der Waals surface area contributed by atoms with E-state index in [9.17, 15) is 18.1 Å². The molecule has 2 aromatic carbocycles. The number of nitrogens with one attached hydrogen (secondary N) is 1. The molecule has 0 bridgehead atoms. The maximum absolute atomic E-state index is 13.2. The van der Waals surface area contributed by atoms with Crippen molar-refractivity contribution in [1.82, 2.24) is 9.97 Å². The van der Waals surface area contributed by atoms with Crippen LogP contribution in [0.25, 0.3) is 11.0 Å². The highest BCUT2D eigenvalue weighted by atomic mass is 32.2. The normalized spacial score (nSPS) is 12.5. The molecule has 1 aromatic heterocycles. The molecule has 0 aliphatic heterocycles. The fraction of sp³-hybridized carbons (Fsp3) is 0.250. The van der Waals surface area contributed by atoms with Gasteiger partial charge in [-0.15, -0.1) is 0 Å². The minimum atomic E-state index is -4.11. The number of unbranched alkanes of at least 4 members (excludes halogenated alkanes) is 1. The van der Waals surface area contributed by atoms with E-state index in [0.29, 0.717) is 17.6 Å². The maximum atomic E-state index is 13.2. The number of anilines is 1. The van der Waals surface area contributed by atoms with Crippen LogP contribution in [0.3, 0.4) is 0 Å². The molecule has 3 rings (SSSR count). The molecule has 6 nitrogen and oxygen atoms in total. The predicted molar refractivity (Wildman–Crippen MR) is 105 cm³/mol. The number of rotatable bonds is 7. The van der Waals surface area contributed by atoms with Crippen molar-refractivity contribution >= 4 is 26.7 Å². The van der Waals surface area contributed by atoms with E-state index in [0.717, 1.165) is 37.1 Å². The Bertz CT molecular complexity index is 1130. The molecule has 0 aliphatic rings. The van der Waals surface area contributed by atoms with Crippen LogP contribution in [0.1, 0.15) is 30.7 Å². The summed E-state index contributed by atoms with van der Waals surface area (Å²) in [4.78, 5) is 8.78. The van der Waals surface area contributed by atoms with Gasteiger partial charge in [-0.1, -0.05) is 25.5 Å². The second-order valence-electron chi connectivity index (χ2n) is 6.23. The number of nitrogens with zero attached hydrogens (tertiary/aromatic N) is 3. The van der Waals surface area contributed by atoms with Gasteiger partial charge in [0.25, 0.3) is 0 Å². The van der Waals surface area contributed by atoms with Crippen LogP contribution in [-0.2, 0) is 9.84 Å². The first-order valence-corrected chi connectivity index (χ1v) is 10.4. The Balaban J connectivity index is 2.13. The van der Waals surface area contributed by atoms with Crippen molar-refractivity contribution in [1.29, 1.82) is 5.26 Å². The van der Waals surface area contributed by atoms with Gasteiger partial charge in [0.2, 0.25) is 9.84 Å². The standard InChI is InChI=1S/C20H19FN4O2S/c1-2-3-12-23-20-19(24-16-6-4-5-7-17(16)25-20)18(13-22)28(26,27)15-10-8-14(21)9-11-15/h4-11,18H,2-3,12H2,1H3,(H,23,25)/t18-/m0/s1. The number of fused-ring (bicyclic) bond motifs is 1. The lowest BCUT2D eigenvalue weighted by atomic mass is 10.2. The Labute approximate surface area is 163 Å². The summed E-state index contributed by atoms with van der Waals surface area (Å²) in [6.07, 6.45) is 1.80. The van der Waals surface area contributed by atoms with Crippen LogP contribution in [0.15, 0.2) is 53.4 Å². The van der Waals surface area contributed by atoms with Gasteiger partial charge in [-0.3, -0.25) is 0 Å². The number of hydrogen-bond donors (Lipinski definition) is 1. The first kappa shape index (κ1) is 19.7. The fourth-order valence-electron chi connectivity index (χ4n) is 2.75. The van der Waals surface area contributed by atoms with E-state index in [1.54, 1.807) is 18.2 Å². The summed E-state index contributed by atoms with van der Waals surface area (Å²) in [6.45, 7) is 2.61. The largest absolute Gasteiger partial charge is 0.368 e. The maximum Gasteiger partial charge on any atom is 0.200 e. The number of halogens is 1. The van der Waals surface area contributed by atoms with Gasteiger partial charge in [0.05, 0.1) is 22.0 Å². The SMILES string of the molecule is CCCCNc1nc2ccccc2nc1[C@H](C#N)S(=O)(=O)c1ccc(F)cc1. The van der Waals surface area contributed by atoms with Crippen LogP contribution >= 0.6 is 0 Å². The Morgan fingerprint density at radius 2 is 1.75 bits per heavy atom. The molecule has 0 saturated heterocycles. The van der Waals surface area contributed by atoms with Crippen LogP contribution < -0.4 is 5.32 Å². The zero-order valence-corrected chi connectivity index (χ0v) is 16.1. The third kappa shape index (κ3) is 3.94. The molecule has 28 heavy (non-hydrogen) atoms. The third-order valence-electron chi connectivity index (χ3n) is 4.24. The van der Waals surface area contributed by atoms with Crippen LogP contribution in [-0.4, -0.2) is 24.9 Å². The summed E-state index contributed by atoms with van der Waals surface area (Å²) < 4.78 is 39.3. The third-order valence-corrected chi connectivity index (χ3v) is 6.12. The Kier molecular flexibility index (Phi) is 5.85. The van der Waals surface area contributed by atoms with Gasteiger partial charge in [0.15, 0.2) is 11.1 Å². The quantitative estimate of drug-likeness (QED) is 0.477. The summed E-state index contributed by atoms with van der Waals surface area (Å²) in [6, 6.07) is 13.3. The molecule has 0 radical (unpaired) electrons. The molecule has 1 heterocycles. The second-order valence-corrected chi connectivity index (χ2v) is 8.27. The molecule has 0 spiro atoms. The topological polar surface area (TPSA) is 95.7 Å². The Morgan fingerprint density at radius 3 is 2.36 bits per heavy atom. The van der Waals surface area contributed by atoms with Crippen LogP contribution in [0.2, 0.25) is 0 Å². The monoisotopic (exact) mass is 398 g/mol. The molecule has 0 amide bonds. The fourth-order valence-corrected chi connectivity index (χ4v) is 4.13. The lowest BCUT2D eigenvalue weighted by Crippen LogP contribution is -2.17. The minimum absolute atomic E-state index is 0.0432. The number of aromatic nitrogens is 2. The minimum Gasteiger partial charge on any atom is -0.368 e. The first-order chi connectivity index (χ1) is 13.5. The highest BCUT2D eigenvalue weighted by Crippen LogP contribution is 2.32. The average Bonchev–Trinajstić information content (AvgIpc) is 2.69. The number of para-hydroxylation sites is 2. The van der Waals surface area contributed by atoms with Crippen molar-refractivity contribution in [3.8, 4) is 6.07 Å². The number of sulfone groups is 1. The van der Waals surface area contributed by atoms with Crippen molar-refractivity contribution < 1.29 is 12.8 Å². The molecule has 1 atom stereocenters. The van der Waals surface area contributed by atoms with Crippen molar-refractivity contribution in [3.05, 3.63) is 60.0 Å². The molecular weight excluding hydrogens is 379 g/mol. The Morgan fingerprint density at radius 1 is 1.11 bits per heavy atom. The summed E-state index contributed by atoms with van der Waals surface area (Å²) in [5.74, 6) is -0.288. The predicted octanol–water partition coefficient (Wildman–Crippen LogP) is 4.02. The molecule has 0 saturated carbocycles. The Hall–Kier alpha value is -3.05. The van der Waals surface area contributed by atoms with E-state index in [1.807, 2.05) is 19.1 Å². The van der Waals surface area contributed by atoms with E-state index in [1.165, 1.54) is 0 Å². The summed E-state index contributed by atoms with van der Waals surface area (Å²) in [5.41, 5.74) is 1.14. The highest BCUT2D eigenvalue weighted by molar-refractivity contribution is 7.92. The lowest BCUT2D eigenvalue weighted by Gasteiger charge is -2.16. The average molecular weight is 398 g/mol. The zero-order chi connectivity index (χ0) is 20.1. The van der Waals surface area contributed by atoms with Gasteiger partial charge in [-0.25, -0.2) is 22.8 Å². The van der Waals surface area contributed by atoms with Gasteiger partial charge in [0, 0.05) is 6.54 Å². The van der Waals surface area contributed by atoms with Gasteiger partial charge in [0.1, 0.15) is 11.5 Å². The molecule has 0 aliphatic carbocycles. The molecule has 8 heteroatoms. The number of benzene rings is 2. The summed E-state index contributed by atoms with van der Waals surface area (Å²) >= 11 is 0. The van der Waals surface area contributed by atoms with Crippen LogP contribution in [0.5, 0.6) is 0 Å². The zero-order valence-electron chi connectivity index (χ0n) is 15.3. The first-order valence-electron chi connectivity index (χ1n) is 8.87. The van der Waals surface area contributed by atoms with E-state index < -0.39 is 20.9 Å². The molecule has 0 unspecified atom stereocenters. The molecular formula is C20H19FN4O2S. The second kappa shape index (κ2) is 8.31. The van der Waals surface area contributed by atoms with Crippen molar-refractivity contribution in [2.24, 2.45) is 0 Å². The number of hydrogen-bond acceptors (Lipinski definition) is 6. The van der Waals surface area contributed by atoms with E-state index in [-0.39, 0.29) is 16.4 Å². The highest BCUT2D eigenvalue weighted by Gasteiger charge is 2.33. The molecule has 0 fully saturated rings. The van der Waals surface area contributed by atoms with Crippen molar-refractivity contribution in [2.45, 2.75) is 29.9 Å². The van der Waals surface area contributed by atoms with Gasteiger partial charge >= 0.3 is 0 Å². The van der Waals surface area contributed by atoms with Crippen molar-refractivity contribution in [2.75, 3.05) is 11.9 Å². The van der Waals surface area contributed by atoms with Crippen LogP contribution in [0, 0.1) is 17.1 Å². The molecule has 1 N–H and O–H groups in total. The lowest BCUT2D eigenvalue weighted by molar-refractivity contribution is 0.589. The summed E-state index contributed by atoms with van der Waals surface area (Å²) in [5, 5.41) is 11.2. The van der Waals surface area contributed by atoms with E-state index in [2.05, 4.69) is 15.3 Å². The van der Waals surface area contributed by atoms with E-state index >= 15 is 0 Å². The van der Waals surface area contributed by atoms with E-state index in [4.69, 9.17) is 0 Å². The van der Waals surface area contributed by atoms with Gasteiger partial charge in [-0.05, 0) is 42.8 Å². The van der Waals surface area contributed by atoms with Crippen molar-refractivity contribution in [3.63, 3.8) is 0 Å². The van der Waals surface area contributed by atoms with Gasteiger partial charge in [-0.2, -0.15) is 5.26 Å². The van der Waals surface area contributed by atoms with Crippen LogP contribution in [0.4, 0.5) is 10.2 Å². The smallest absolute Gasteiger partial charge is 0.200 e. The molecule has 144 valence electrons. The van der Waals surface area contributed by atoms with Gasteiger partial charge < -0.3 is 5.32 Å². The summed E-state index contributed by atoms with van der Waals surface area (Å²) in [7, 11) is -4.11. The molecule has 3 aromatic rings. The number of nitriles is 1.